The summed E-state index contributed by atoms with van der Waals surface area (Å²) in [4.78, 5) is 16.8. The number of amides is 1. The first-order valence-corrected chi connectivity index (χ1v) is 9.08. The number of nitrogens with one attached hydrogen (secondary N) is 1. The second-order valence-electron chi connectivity index (χ2n) is 6.28. The second kappa shape index (κ2) is 7.74. The van der Waals surface area contributed by atoms with Gasteiger partial charge in [-0.05, 0) is 60.2 Å². The minimum Gasteiger partial charge on any atom is -0.497 e. The van der Waals surface area contributed by atoms with Crippen molar-refractivity contribution in [3.05, 3.63) is 88.8 Å². The number of nitrogens with zero attached hydrogens (tertiary/aromatic N) is 1. The fraction of sp³-hybridized carbons (Fsp3) is 0.0909. The molecule has 1 aromatic heterocycles. The smallest absolute Gasteiger partial charge is 0.255 e. The number of aromatic nitrogens is 1. The number of fused-ring (bicyclic) bond motifs is 1. The molecule has 3 aromatic carbocycles. The van der Waals surface area contributed by atoms with Gasteiger partial charge in [-0.25, -0.2) is 4.98 Å². The van der Waals surface area contributed by atoms with Gasteiger partial charge in [0.15, 0.2) is 11.5 Å². The van der Waals surface area contributed by atoms with Gasteiger partial charge in [-0.1, -0.05) is 23.7 Å². The average molecular weight is 393 g/mol. The van der Waals surface area contributed by atoms with Gasteiger partial charge in [0, 0.05) is 22.7 Å². The van der Waals surface area contributed by atoms with Crippen LogP contribution in [-0.2, 0) is 6.42 Å². The quantitative estimate of drug-likeness (QED) is 0.498. The van der Waals surface area contributed by atoms with Crippen LogP contribution < -0.4 is 10.1 Å². The molecule has 0 aliphatic carbocycles. The third kappa shape index (κ3) is 4.00. The summed E-state index contributed by atoms with van der Waals surface area (Å²) in [6, 6.07) is 19.9. The number of anilines is 1. The van der Waals surface area contributed by atoms with Crippen molar-refractivity contribution in [2.75, 3.05) is 12.4 Å². The van der Waals surface area contributed by atoms with E-state index >= 15 is 0 Å². The Kier molecular flexibility index (Phi) is 5.00. The van der Waals surface area contributed by atoms with Crippen LogP contribution in [0.2, 0.25) is 5.02 Å². The van der Waals surface area contributed by atoms with Gasteiger partial charge in [0.1, 0.15) is 11.3 Å². The van der Waals surface area contributed by atoms with Crippen LogP contribution in [0.4, 0.5) is 5.69 Å². The molecule has 28 heavy (non-hydrogen) atoms. The molecule has 0 fully saturated rings. The first-order valence-electron chi connectivity index (χ1n) is 8.70. The van der Waals surface area contributed by atoms with E-state index in [1.165, 1.54) is 0 Å². The standard InChI is InChI=1S/C22H17ClN2O3/c1-27-18-9-4-15(5-10-18)22(26)24-17-7-2-14(3-8-17)12-21-25-19-13-16(23)6-11-20(19)28-21/h2-11,13H,12H2,1H3,(H,24,26). The molecular formula is C22H17ClN2O3. The molecule has 0 aliphatic rings. The molecule has 4 aromatic rings. The highest BCUT2D eigenvalue weighted by Gasteiger charge is 2.09. The van der Waals surface area contributed by atoms with E-state index in [0.717, 1.165) is 11.1 Å². The van der Waals surface area contributed by atoms with Gasteiger partial charge in [-0.2, -0.15) is 0 Å². The van der Waals surface area contributed by atoms with E-state index < -0.39 is 0 Å². The first kappa shape index (κ1) is 18.1. The van der Waals surface area contributed by atoms with Crippen molar-refractivity contribution in [2.45, 2.75) is 6.42 Å². The lowest BCUT2D eigenvalue weighted by Crippen LogP contribution is -2.11. The Balaban J connectivity index is 1.43. The Bertz CT molecular complexity index is 1120. The van der Waals surface area contributed by atoms with Crippen LogP contribution in [0, 0.1) is 0 Å². The van der Waals surface area contributed by atoms with Gasteiger partial charge in [0.25, 0.3) is 5.91 Å². The van der Waals surface area contributed by atoms with Crippen molar-refractivity contribution in [1.82, 2.24) is 4.98 Å². The second-order valence-corrected chi connectivity index (χ2v) is 6.71. The molecule has 0 aliphatic heterocycles. The van der Waals surface area contributed by atoms with Gasteiger partial charge >= 0.3 is 0 Å². The lowest BCUT2D eigenvalue weighted by molar-refractivity contribution is 0.102. The zero-order valence-corrected chi connectivity index (χ0v) is 15.9. The average Bonchev–Trinajstić information content (AvgIpc) is 3.10. The fourth-order valence-corrected chi connectivity index (χ4v) is 3.02. The molecule has 0 atom stereocenters. The topological polar surface area (TPSA) is 64.4 Å². The van der Waals surface area contributed by atoms with E-state index in [-0.39, 0.29) is 5.91 Å². The monoisotopic (exact) mass is 392 g/mol. The van der Waals surface area contributed by atoms with Crippen molar-refractivity contribution in [1.29, 1.82) is 0 Å². The summed E-state index contributed by atoms with van der Waals surface area (Å²) in [6.45, 7) is 0. The summed E-state index contributed by atoms with van der Waals surface area (Å²) in [7, 11) is 1.59. The van der Waals surface area contributed by atoms with Crippen molar-refractivity contribution < 1.29 is 13.9 Å². The number of ether oxygens (including phenoxy) is 1. The lowest BCUT2D eigenvalue weighted by atomic mass is 10.1. The third-order valence-electron chi connectivity index (χ3n) is 4.31. The summed E-state index contributed by atoms with van der Waals surface area (Å²) in [5.74, 6) is 1.15. The predicted molar refractivity (Wildman–Crippen MR) is 109 cm³/mol. The van der Waals surface area contributed by atoms with Crippen LogP contribution in [0.3, 0.4) is 0 Å². The van der Waals surface area contributed by atoms with E-state index in [9.17, 15) is 4.79 Å². The maximum absolute atomic E-state index is 12.3. The Morgan fingerprint density at radius 2 is 1.82 bits per heavy atom. The van der Waals surface area contributed by atoms with E-state index in [0.29, 0.717) is 39.9 Å². The molecule has 1 N–H and O–H groups in total. The van der Waals surface area contributed by atoms with Gasteiger partial charge < -0.3 is 14.5 Å². The van der Waals surface area contributed by atoms with Crippen molar-refractivity contribution in [3.63, 3.8) is 0 Å². The minimum absolute atomic E-state index is 0.175. The highest BCUT2D eigenvalue weighted by molar-refractivity contribution is 6.31. The minimum atomic E-state index is -0.175. The zero-order chi connectivity index (χ0) is 19.5. The number of halogens is 1. The largest absolute Gasteiger partial charge is 0.497 e. The number of benzene rings is 3. The summed E-state index contributed by atoms with van der Waals surface area (Å²) in [5, 5.41) is 3.51. The Hall–Kier alpha value is -3.31. The molecule has 140 valence electrons. The summed E-state index contributed by atoms with van der Waals surface area (Å²) in [6.07, 6.45) is 0.555. The molecule has 0 unspecified atom stereocenters. The van der Waals surface area contributed by atoms with E-state index in [1.807, 2.05) is 30.3 Å². The maximum atomic E-state index is 12.3. The number of hydrogen-bond donors (Lipinski definition) is 1. The lowest BCUT2D eigenvalue weighted by Gasteiger charge is -2.07. The van der Waals surface area contributed by atoms with Crippen LogP contribution in [0.5, 0.6) is 5.75 Å². The van der Waals surface area contributed by atoms with Crippen LogP contribution in [0.15, 0.2) is 71.1 Å². The molecule has 0 spiro atoms. The third-order valence-corrected chi connectivity index (χ3v) is 4.55. The highest BCUT2D eigenvalue weighted by Crippen LogP contribution is 2.22. The molecule has 5 nitrogen and oxygen atoms in total. The van der Waals surface area contributed by atoms with Gasteiger partial charge in [-0.3, -0.25) is 4.79 Å². The zero-order valence-electron chi connectivity index (χ0n) is 15.1. The molecule has 0 saturated carbocycles. The summed E-state index contributed by atoms with van der Waals surface area (Å²) < 4.78 is 10.9. The van der Waals surface area contributed by atoms with Crippen LogP contribution in [0.1, 0.15) is 21.8 Å². The van der Waals surface area contributed by atoms with Gasteiger partial charge in [0.05, 0.1) is 7.11 Å². The Labute approximate surface area is 166 Å². The highest BCUT2D eigenvalue weighted by atomic mass is 35.5. The maximum Gasteiger partial charge on any atom is 0.255 e. The molecule has 1 amide bonds. The van der Waals surface area contributed by atoms with Crippen LogP contribution >= 0.6 is 11.6 Å². The molecule has 4 rings (SSSR count). The summed E-state index contributed by atoms with van der Waals surface area (Å²) in [5.41, 5.74) is 3.76. The van der Waals surface area contributed by atoms with E-state index in [1.54, 1.807) is 43.5 Å². The Morgan fingerprint density at radius 3 is 2.54 bits per heavy atom. The van der Waals surface area contributed by atoms with Crippen molar-refractivity contribution in [3.8, 4) is 5.75 Å². The van der Waals surface area contributed by atoms with Crippen molar-refractivity contribution >= 4 is 34.3 Å². The number of hydrogen-bond acceptors (Lipinski definition) is 4. The molecule has 6 heteroatoms. The van der Waals surface area contributed by atoms with Crippen LogP contribution in [0.25, 0.3) is 11.1 Å². The SMILES string of the molecule is COc1ccc(C(=O)Nc2ccc(Cc3nc4cc(Cl)ccc4o3)cc2)cc1. The number of methoxy groups -OCH3 is 1. The van der Waals surface area contributed by atoms with Crippen molar-refractivity contribution in [2.24, 2.45) is 0 Å². The number of carbonyl (C=O) groups is 1. The van der Waals surface area contributed by atoms with E-state index in [2.05, 4.69) is 10.3 Å². The molecule has 0 radical (unpaired) electrons. The normalized spacial score (nSPS) is 10.8. The number of rotatable bonds is 5. The molecule has 0 bridgehead atoms. The molecule has 0 saturated heterocycles. The number of oxazole rings is 1. The first-order chi connectivity index (χ1) is 13.6. The van der Waals surface area contributed by atoms with Gasteiger partial charge in [-0.15, -0.1) is 0 Å². The summed E-state index contributed by atoms with van der Waals surface area (Å²) >= 11 is 5.98. The van der Waals surface area contributed by atoms with Crippen LogP contribution in [-0.4, -0.2) is 18.0 Å². The Morgan fingerprint density at radius 1 is 1.07 bits per heavy atom. The number of carbonyl (C=O) groups excluding carboxylic acids is 1. The fourth-order valence-electron chi connectivity index (χ4n) is 2.85. The predicted octanol–water partition coefficient (Wildman–Crippen LogP) is 5.33. The van der Waals surface area contributed by atoms with Gasteiger partial charge in [0.2, 0.25) is 0 Å². The molecular weight excluding hydrogens is 376 g/mol. The molecule has 1 heterocycles. The van der Waals surface area contributed by atoms with E-state index in [4.69, 9.17) is 20.8 Å².